The predicted molar refractivity (Wildman–Crippen MR) is 89.5 cm³/mol. The Morgan fingerprint density at radius 2 is 1.96 bits per heavy atom. The van der Waals surface area contributed by atoms with Crippen LogP contribution in [0.3, 0.4) is 0 Å². The number of benzene rings is 1. The Kier molecular flexibility index (Phi) is 4.21. The van der Waals surface area contributed by atoms with Crippen LogP contribution in [0.5, 0.6) is 0 Å². The first-order chi connectivity index (χ1) is 11.9. The maximum atomic E-state index is 12.7. The molecule has 1 spiro atoms. The Hall–Kier alpha value is -2.88. The fraction of sp³-hybridized carbons (Fsp3) is 0.444. The highest BCUT2D eigenvalue weighted by molar-refractivity contribution is 6.07. The van der Waals surface area contributed by atoms with E-state index in [0.717, 1.165) is 0 Å². The maximum absolute atomic E-state index is 12.7. The van der Waals surface area contributed by atoms with E-state index in [2.05, 4.69) is 5.32 Å². The molecule has 25 heavy (non-hydrogen) atoms. The molecule has 2 aliphatic rings. The fourth-order valence-corrected chi connectivity index (χ4v) is 3.44. The zero-order valence-electron chi connectivity index (χ0n) is 14.3. The van der Waals surface area contributed by atoms with Gasteiger partial charge < -0.3 is 10.2 Å². The van der Waals surface area contributed by atoms with Gasteiger partial charge in [0.2, 0.25) is 0 Å². The lowest BCUT2D eigenvalue weighted by Gasteiger charge is -2.37. The van der Waals surface area contributed by atoms with Crippen molar-refractivity contribution in [3.05, 3.63) is 35.4 Å². The number of hydrogen-bond donors (Lipinski definition) is 1. The van der Waals surface area contributed by atoms with E-state index in [4.69, 9.17) is 5.26 Å². The quantitative estimate of drug-likeness (QED) is 0.826. The third kappa shape index (κ3) is 2.84. The molecule has 1 aromatic carbocycles. The van der Waals surface area contributed by atoms with Gasteiger partial charge in [-0.2, -0.15) is 5.26 Å². The molecule has 2 aliphatic heterocycles. The molecule has 3 rings (SSSR count). The maximum Gasteiger partial charge on any atom is 0.325 e. The molecule has 2 fully saturated rings. The van der Waals surface area contributed by atoms with Gasteiger partial charge in [0.15, 0.2) is 0 Å². The number of urea groups is 1. The lowest BCUT2D eigenvalue weighted by molar-refractivity contribution is -0.133. The van der Waals surface area contributed by atoms with Gasteiger partial charge >= 0.3 is 6.03 Å². The molecule has 0 aromatic heterocycles. The van der Waals surface area contributed by atoms with Crippen LogP contribution in [-0.2, 0) is 4.79 Å². The van der Waals surface area contributed by atoms with E-state index in [9.17, 15) is 14.4 Å². The van der Waals surface area contributed by atoms with E-state index in [1.165, 1.54) is 4.90 Å². The van der Waals surface area contributed by atoms with Crippen molar-refractivity contribution in [1.82, 2.24) is 15.1 Å². The summed E-state index contributed by atoms with van der Waals surface area (Å²) >= 11 is 0. The summed E-state index contributed by atoms with van der Waals surface area (Å²) in [5.41, 5.74) is -0.00200. The lowest BCUT2D eigenvalue weighted by atomic mass is 9.87. The zero-order chi connectivity index (χ0) is 18.2. The number of nitriles is 1. The number of hydrogen-bond acceptors (Lipinski definition) is 4. The van der Waals surface area contributed by atoms with Crippen molar-refractivity contribution in [1.29, 1.82) is 5.26 Å². The molecule has 7 heteroatoms. The zero-order valence-corrected chi connectivity index (χ0v) is 14.3. The molecule has 0 radical (unpaired) electrons. The fourth-order valence-electron chi connectivity index (χ4n) is 3.44. The summed E-state index contributed by atoms with van der Waals surface area (Å²) in [5, 5.41) is 11.8. The molecular formula is C18H20N4O3. The smallest absolute Gasteiger partial charge is 0.325 e. The molecular weight excluding hydrogens is 320 g/mol. The number of piperidine rings is 1. The van der Waals surface area contributed by atoms with E-state index < -0.39 is 5.54 Å². The second-order valence-electron chi connectivity index (χ2n) is 6.77. The Morgan fingerprint density at radius 1 is 1.28 bits per heavy atom. The predicted octanol–water partition coefficient (Wildman–Crippen LogP) is 1.49. The highest BCUT2D eigenvalue weighted by Gasteiger charge is 2.53. The van der Waals surface area contributed by atoms with Crippen molar-refractivity contribution in [2.24, 2.45) is 0 Å². The molecule has 2 heterocycles. The third-order valence-corrected chi connectivity index (χ3v) is 4.85. The topological polar surface area (TPSA) is 93.5 Å². The van der Waals surface area contributed by atoms with Gasteiger partial charge in [-0.25, -0.2) is 4.79 Å². The molecule has 2 saturated heterocycles. The molecule has 1 aromatic rings. The summed E-state index contributed by atoms with van der Waals surface area (Å²) in [6, 6.07) is 8.04. The summed E-state index contributed by atoms with van der Waals surface area (Å²) < 4.78 is 0. The number of imide groups is 1. The molecule has 7 nitrogen and oxygen atoms in total. The Balaban J connectivity index is 1.72. The molecule has 0 atom stereocenters. The molecule has 1 N–H and O–H groups in total. The van der Waals surface area contributed by atoms with Gasteiger partial charge in [-0.15, -0.1) is 0 Å². The van der Waals surface area contributed by atoms with Crippen molar-refractivity contribution >= 4 is 17.8 Å². The minimum absolute atomic E-state index is 0.163. The highest BCUT2D eigenvalue weighted by Crippen LogP contribution is 2.31. The van der Waals surface area contributed by atoms with E-state index in [1.54, 1.807) is 43.0 Å². The van der Waals surface area contributed by atoms with Gasteiger partial charge in [-0.1, -0.05) is 6.07 Å². The number of nitrogens with zero attached hydrogens (tertiary/aromatic N) is 3. The molecule has 0 aliphatic carbocycles. The van der Waals surface area contributed by atoms with Crippen LogP contribution in [0, 0.1) is 11.3 Å². The molecule has 4 amide bonds. The Bertz CT molecular complexity index is 773. The van der Waals surface area contributed by atoms with Gasteiger partial charge in [0.1, 0.15) is 5.54 Å². The van der Waals surface area contributed by atoms with Gasteiger partial charge in [-0.3, -0.25) is 14.5 Å². The highest BCUT2D eigenvalue weighted by atomic mass is 16.2. The normalized spacial score (nSPS) is 19.3. The minimum Gasteiger partial charge on any atom is -0.338 e. The monoisotopic (exact) mass is 340 g/mol. The van der Waals surface area contributed by atoms with Crippen molar-refractivity contribution in [3.8, 4) is 6.07 Å². The van der Waals surface area contributed by atoms with Crippen molar-refractivity contribution in [3.63, 3.8) is 0 Å². The van der Waals surface area contributed by atoms with Crippen LogP contribution in [0.1, 0.15) is 42.6 Å². The van der Waals surface area contributed by atoms with Crippen LogP contribution in [-0.4, -0.2) is 52.3 Å². The van der Waals surface area contributed by atoms with Gasteiger partial charge in [0.25, 0.3) is 11.8 Å². The minimum atomic E-state index is -0.896. The van der Waals surface area contributed by atoms with Crippen LogP contribution in [0.15, 0.2) is 24.3 Å². The standard InChI is InChI=1S/C18H20N4O3/c1-12(2)22-16(24)18(20-17(22)25)6-8-21(9-7-18)15(23)14-5-3-4-13(10-14)11-19/h3-5,10,12H,6-9H2,1-2H3,(H,20,25). The van der Waals surface area contributed by atoms with E-state index in [1.807, 2.05) is 6.07 Å². The van der Waals surface area contributed by atoms with E-state index in [0.29, 0.717) is 37.1 Å². The number of amides is 4. The first-order valence-corrected chi connectivity index (χ1v) is 8.33. The first kappa shape index (κ1) is 17.0. The summed E-state index contributed by atoms with van der Waals surface area (Å²) in [4.78, 5) is 40.3. The van der Waals surface area contributed by atoms with Crippen molar-refractivity contribution in [2.45, 2.75) is 38.3 Å². The summed E-state index contributed by atoms with van der Waals surface area (Å²) in [7, 11) is 0. The number of carbonyl (C=O) groups excluding carboxylic acids is 3. The van der Waals surface area contributed by atoms with E-state index >= 15 is 0 Å². The van der Waals surface area contributed by atoms with Gasteiger partial charge in [0, 0.05) is 24.7 Å². The number of rotatable bonds is 2. The van der Waals surface area contributed by atoms with Crippen molar-refractivity contribution in [2.75, 3.05) is 13.1 Å². The average molecular weight is 340 g/mol. The van der Waals surface area contributed by atoms with Gasteiger partial charge in [0.05, 0.1) is 11.6 Å². The second kappa shape index (κ2) is 6.20. The number of nitrogens with one attached hydrogen (secondary N) is 1. The number of carbonyl (C=O) groups is 3. The Labute approximate surface area is 146 Å². The van der Waals surface area contributed by atoms with E-state index in [-0.39, 0.29) is 23.9 Å². The number of likely N-dealkylation sites (tertiary alicyclic amines) is 1. The summed E-state index contributed by atoms with van der Waals surface area (Å²) in [6.07, 6.45) is 0.787. The van der Waals surface area contributed by atoms with Gasteiger partial charge in [-0.05, 0) is 44.9 Å². The molecule has 0 unspecified atom stereocenters. The molecule has 0 bridgehead atoms. The van der Waals surface area contributed by atoms with Crippen LogP contribution in [0.4, 0.5) is 4.79 Å². The van der Waals surface area contributed by atoms with Crippen LogP contribution >= 0.6 is 0 Å². The summed E-state index contributed by atoms with van der Waals surface area (Å²) in [5.74, 6) is -0.365. The van der Waals surface area contributed by atoms with Crippen LogP contribution < -0.4 is 5.32 Å². The molecule has 0 saturated carbocycles. The largest absolute Gasteiger partial charge is 0.338 e. The first-order valence-electron chi connectivity index (χ1n) is 8.33. The summed E-state index contributed by atoms with van der Waals surface area (Å²) in [6.45, 7) is 4.37. The average Bonchev–Trinajstić information content (AvgIpc) is 2.85. The molecule has 130 valence electrons. The van der Waals surface area contributed by atoms with Crippen LogP contribution in [0.2, 0.25) is 0 Å². The SMILES string of the molecule is CC(C)N1C(=O)NC2(CCN(C(=O)c3cccc(C#N)c3)CC2)C1=O. The second-order valence-corrected chi connectivity index (χ2v) is 6.77. The lowest BCUT2D eigenvalue weighted by Crippen LogP contribution is -2.56. The van der Waals surface area contributed by atoms with Crippen molar-refractivity contribution < 1.29 is 14.4 Å². The third-order valence-electron chi connectivity index (χ3n) is 4.85. The Morgan fingerprint density at radius 3 is 2.52 bits per heavy atom. The van der Waals surface area contributed by atoms with Crippen LogP contribution in [0.25, 0.3) is 0 Å².